The highest BCUT2D eigenvalue weighted by Crippen LogP contribution is 2.70. The van der Waals surface area contributed by atoms with Gasteiger partial charge in [-0.2, -0.15) is 0 Å². The molecule has 1 aliphatic carbocycles. The zero-order valence-electron chi connectivity index (χ0n) is 20.6. The average molecular weight is 475 g/mol. The lowest BCUT2D eigenvalue weighted by molar-refractivity contribution is -0.175. The van der Waals surface area contributed by atoms with Gasteiger partial charge in [0.05, 0.1) is 11.1 Å². The minimum atomic E-state index is -1.07. The van der Waals surface area contributed by atoms with Crippen molar-refractivity contribution >= 4 is 34.5 Å². The lowest BCUT2D eigenvalue weighted by atomic mass is 9.57. The van der Waals surface area contributed by atoms with Crippen molar-refractivity contribution < 1.29 is 18.8 Å². The summed E-state index contributed by atoms with van der Waals surface area (Å²) in [6.07, 6.45) is 6.57. The summed E-state index contributed by atoms with van der Waals surface area (Å²) in [5, 5.41) is 6.40. The molecule has 2 bridgehead atoms. The van der Waals surface area contributed by atoms with Crippen molar-refractivity contribution in [2.75, 3.05) is 11.9 Å². The Balaban J connectivity index is 1.47. The monoisotopic (exact) mass is 474 g/mol. The molecule has 5 fully saturated rings. The third-order valence-corrected chi connectivity index (χ3v) is 10.0. The number of piperidine rings is 2. The van der Waals surface area contributed by atoms with Gasteiger partial charge in [-0.15, -0.1) is 0 Å². The predicted octanol–water partition coefficient (Wildman–Crippen LogP) is 3.21. The second kappa shape index (κ2) is 6.15. The molecule has 182 valence electrons. The number of hydrogen-bond acceptors (Lipinski definition) is 5. The van der Waals surface area contributed by atoms with Crippen LogP contribution in [0.2, 0.25) is 0 Å². The average Bonchev–Trinajstić information content (AvgIpc) is 3.53. The van der Waals surface area contributed by atoms with E-state index in [1.807, 2.05) is 24.8 Å². The van der Waals surface area contributed by atoms with E-state index in [-0.39, 0.29) is 30.1 Å². The van der Waals surface area contributed by atoms with E-state index in [4.69, 9.17) is 4.42 Å². The van der Waals surface area contributed by atoms with Crippen molar-refractivity contribution in [1.82, 2.24) is 15.2 Å². The summed E-state index contributed by atoms with van der Waals surface area (Å²) in [5.41, 5.74) is 1.74. The van der Waals surface area contributed by atoms with Crippen molar-refractivity contribution in [2.45, 2.75) is 76.3 Å². The summed E-state index contributed by atoms with van der Waals surface area (Å²) >= 11 is 0. The summed E-state index contributed by atoms with van der Waals surface area (Å²) < 4.78 is 5.76. The number of allylic oxidation sites excluding steroid dienone is 2. The molecule has 1 saturated carbocycles. The third-order valence-electron chi connectivity index (χ3n) is 10.0. The number of piperazine rings is 1. The molecule has 8 rings (SSSR count). The molecule has 2 aromatic rings. The molecular formula is C27H30N4O4. The van der Waals surface area contributed by atoms with Gasteiger partial charge in [-0.05, 0) is 63.0 Å². The van der Waals surface area contributed by atoms with E-state index in [1.54, 1.807) is 0 Å². The number of carbonyl (C=O) groups is 3. The van der Waals surface area contributed by atoms with Crippen LogP contribution in [0.1, 0.15) is 64.5 Å². The summed E-state index contributed by atoms with van der Waals surface area (Å²) in [4.78, 5) is 47.8. The van der Waals surface area contributed by atoms with Gasteiger partial charge >= 0.3 is 0 Å². The smallest absolute Gasteiger partial charge is 0.249 e. The van der Waals surface area contributed by atoms with Crippen LogP contribution in [-0.4, -0.2) is 45.2 Å². The normalized spacial score (nSPS) is 35.8. The maximum Gasteiger partial charge on any atom is 0.249 e. The van der Waals surface area contributed by atoms with E-state index < -0.39 is 21.9 Å². The molecule has 3 amide bonds. The van der Waals surface area contributed by atoms with Gasteiger partial charge in [0.2, 0.25) is 17.7 Å². The molecule has 3 spiro atoms. The second-order valence-electron chi connectivity index (χ2n) is 12.0. The van der Waals surface area contributed by atoms with E-state index in [2.05, 4.69) is 35.5 Å². The van der Waals surface area contributed by atoms with Crippen LogP contribution in [0.15, 0.2) is 28.5 Å². The molecular weight excluding hydrogens is 444 g/mol. The molecule has 6 aliphatic rings. The predicted molar refractivity (Wildman–Crippen MR) is 129 cm³/mol. The molecule has 4 atom stereocenters. The van der Waals surface area contributed by atoms with Gasteiger partial charge in [-0.3, -0.25) is 14.4 Å². The van der Waals surface area contributed by atoms with Crippen LogP contribution in [0.3, 0.4) is 0 Å². The minimum absolute atomic E-state index is 0.00988. The van der Waals surface area contributed by atoms with Gasteiger partial charge in [0, 0.05) is 18.0 Å². The van der Waals surface area contributed by atoms with Crippen LogP contribution in [0.4, 0.5) is 5.69 Å². The van der Waals surface area contributed by atoms with Gasteiger partial charge in [0.15, 0.2) is 12.0 Å². The highest BCUT2D eigenvalue weighted by atomic mass is 16.3. The van der Waals surface area contributed by atoms with Crippen LogP contribution >= 0.6 is 0 Å². The van der Waals surface area contributed by atoms with E-state index in [0.29, 0.717) is 36.9 Å². The maximum atomic E-state index is 14.1. The minimum Gasteiger partial charge on any atom is -0.443 e. The summed E-state index contributed by atoms with van der Waals surface area (Å²) in [6, 6.07) is 1.96. The van der Waals surface area contributed by atoms with Gasteiger partial charge in [0.25, 0.3) is 0 Å². The van der Waals surface area contributed by atoms with Gasteiger partial charge in [0.1, 0.15) is 16.6 Å². The van der Waals surface area contributed by atoms with E-state index in [0.717, 1.165) is 23.2 Å². The van der Waals surface area contributed by atoms with Gasteiger partial charge < -0.3 is 20.0 Å². The molecule has 8 nitrogen and oxygen atoms in total. The number of benzene rings is 1. The maximum absolute atomic E-state index is 14.1. The number of nitrogens with zero attached hydrogens (tertiary/aromatic N) is 2. The Morgan fingerprint density at radius 1 is 1.26 bits per heavy atom. The number of oxazole rings is 1. The summed E-state index contributed by atoms with van der Waals surface area (Å²) in [6.45, 7) is 8.92. The number of carbonyl (C=O) groups excluding carboxylic acids is 3. The van der Waals surface area contributed by atoms with Gasteiger partial charge in [-0.1, -0.05) is 25.5 Å². The first-order chi connectivity index (χ1) is 16.6. The highest BCUT2D eigenvalue weighted by Gasteiger charge is 2.80. The zero-order valence-corrected chi connectivity index (χ0v) is 20.6. The van der Waals surface area contributed by atoms with Crippen molar-refractivity contribution in [2.24, 2.45) is 11.3 Å². The fourth-order valence-corrected chi connectivity index (χ4v) is 8.34. The van der Waals surface area contributed by atoms with Crippen molar-refractivity contribution in [3.8, 4) is 0 Å². The largest absolute Gasteiger partial charge is 0.443 e. The molecule has 1 aromatic carbocycles. The molecule has 6 heterocycles. The van der Waals surface area contributed by atoms with Crippen LogP contribution < -0.4 is 10.6 Å². The molecule has 2 N–H and O–H groups in total. The SMILES string of the molecule is CC(C)=CCc1c2c(cc3ncoc13)C1(CC34NC(=O)C5(CCCN5C3=O)CC4C1(C)C)C(=O)N2. The Labute approximate surface area is 203 Å². The van der Waals surface area contributed by atoms with E-state index >= 15 is 0 Å². The highest BCUT2D eigenvalue weighted by molar-refractivity contribution is 6.13. The van der Waals surface area contributed by atoms with E-state index in [1.165, 1.54) is 12.0 Å². The fraction of sp³-hybridized carbons (Fsp3) is 0.556. The Morgan fingerprint density at radius 3 is 2.83 bits per heavy atom. The molecule has 0 radical (unpaired) electrons. The Bertz CT molecular complexity index is 1400. The third kappa shape index (κ3) is 2.13. The quantitative estimate of drug-likeness (QED) is 0.651. The Kier molecular flexibility index (Phi) is 3.71. The fourth-order valence-electron chi connectivity index (χ4n) is 8.34. The number of rotatable bonds is 2. The second-order valence-corrected chi connectivity index (χ2v) is 12.0. The number of hydrogen-bond donors (Lipinski definition) is 2. The number of fused-ring (bicyclic) bond motifs is 4. The van der Waals surface area contributed by atoms with Crippen molar-refractivity contribution in [3.05, 3.63) is 35.2 Å². The summed E-state index contributed by atoms with van der Waals surface area (Å²) in [7, 11) is 0. The Hall–Kier alpha value is -3.16. The molecule has 4 saturated heterocycles. The van der Waals surface area contributed by atoms with Crippen LogP contribution in [0.5, 0.6) is 0 Å². The first-order valence-electron chi connectivity index (χ1n) is 12.6. The van der Waals surface area contributed by atoms with Gasteiger partial charge in [-0.25, -0.2) is 4.98 Å². The van der Waals surface area contributed by atoms with Crippen LogP contribution in [0, 0.1) is 11.3 Å². The van der Waals surface area contributed by atoms with Crippen molar-refractivity contribution in [1.29, 1.82) is 0 Å². The Morgan fingerprint density at radius 2 is 2.06 bits per heavy atom. The summed E-state index contributed by atoms with van der Waals surface area (Å²) in [5.74, 6) is -0.297. The number of anilines is 1. The zero-order chi connectivity index (χ0) is 24.5. The van der Waals surface area contributed by atoms with Crippen molar-refractivity contribution in [3.63, 3.8) is 0 Å². The molecule has 4 unspecified atom stereocenters. The molecule has 35 heavy (non-hydrogen) atoms. The topological polar surface area (TPSA) is 105 Å². The first kappa shape index (κ1) is 21.1. The lowest BCUT2D eigenvalue weighted by Gasteiger charge is -2.59. The van der Waals surface area contributed by atoms with Crippen LogP contribution in [0.25, 0.3) is 11.1 Å². The van der Waals surface area contributed by atoms with Crippen LogP contribution in [-0.2, 0) is 26.2 Å². The standard InChI is InChI=1S/C27H30N4O4/c1-14(2)6-7-15-19-16(10-17-20(15)35-13-28-17)26(22(33)29-19)12-27-18(24(26,3)4)11-25(21(32)30-27)8-5-9-31(25)23(27)34/h6,10,13,18H,5,7-9,11-12H2,1-4H3,(H,29,33)(H,30,32). The molecule has 1 aromatic heterocycles. The lowest BCUT2D eigenvalue weighted by Crippen LogP contribution is -2.81. The number of aromatic nitrogens is 1. The number of nitrogens with one attached hydrogen (secondary N) is 2. The first-order valence-corrected chi connectivity index (χ1v) is 12.6. The molecule has 5 aliphatic heterocycles. The number of amides is 3. The molecule has 8 heteroatoms. The van der Waals surface area contributed by atoms with E-state index in [9.17, 15) is 14.4 Å².